The first kappa shape index (κ1) is 23.5. The molecular weight excluding hydrogens is 412 g/mol. The molecule has 0 saturated carbocycles. The summed E-state index contributed by atoms with van der Waals surface area (Å²) >= 11 is 0. The van der Waals surface area contributed by atoms with Gasteiger partial charge in [0.1, 0.15) is 8.80 Å². The molecule has 0 heterocycles. The van der Waals surface area contributed by atoms with Gasteiger partial charge in [0, 0.05) is 5.92 Å². The van der Waals surface area contributed by atoms with Crippen LogP contribution in [-0.2, 0) is 0 Å². The van der Waals surface area contributed by atoms with E-state index in [-0.39, 0.29) is 0 Å². The Morgan fingerprint density at radius 3 is 1.58 bits per heavy atom. The van der Waals surface area contributed by atoms with Crippen LogP contribution < -0.4 is 10.4 Å². The van der Waals surface area contributed by atoms with Gasteiger partial charge in [-0.15, -0.1) is 0 Å². The third-order valence-corrected chi connectivity index (χ3v) is 10.1. The number of hydrogen-bond donors (Lipinski definition) is 0. The summed E-state index contributed by atoms with van der Waals surface area (Å²) < 4.78 is 0. The first-order valence-electron chi connectivity index (χ1n) is 12.1. The molecule has 0 aliphatic heterocycles. The number of rotatable bonds is 5. The highest BCUT2D eigenvalue weighted by Crippen LogP contribution is 2.45. The zero-order valence-corrected chi connectivity index (χ0v) is 22.6. The van der Waals surface area contributed by atoms with Gasteiger partial charge in [0.2, 0.25) is 0 Å². The van der Waals surface area contributed by atoms with Gasteiger partial charge in [-0.2, -0.15) is 0 Å². The van der Waals surface area contributed by atoms with Crippen molar-refractivity contribution in [1.82, 2.24) is 0 Å². The van der Waals surface area contributed by atoms with Gasteiger partial charge < -0.3 is 0 Å². The van der Waals surface area contributed by atoms with E-state index in [1.54, 1.807) is 21.5 Å². The van der Waals surface area contributed by atoms with Crippen LogP contribution in [0, 0.1) is 40.5 Å². The molecule has 1 heteroatoms. The number of benzene rings is 3. The van der Waals surface area contributed by atoms with Gasteiger partial charge >= 0.3 is 0 Å². The van der Waals surface area contributed by atoms with Crippen molar-refractivity contribution in [2.75, 3.05) is 0 Å². The van der Waals surface area contributed by atoms with Crippen LogP contribution in [0.1, 0.15) is 54.2 Å². The summed E-state index contributed by atoms with van der Waals surface area (Å²) in [5.74, 6) is 0.474. The molecule has 33 heavy (non-hydrogen) atoms. The third kappa shape index (κ3) is 4.84. The molecule has 169 valence electrons. The first-order chi connectivity index (χ1) is 15.6. The lowest BCUT2D eigenvalue weighted by atomic mass is 9.91. The highest BCUT2D eigenvalue weighted by atomic mass is 28.3. The Morgan fingerprint density at radius 2 is 1.09 bits per heavy atom. The molecule has 0 aromatic heterocycles. The normalized spacial score (nSPS) is 16.3. The second kappa shape index (κ2) is 9.31. The zero-order chi connectivity index (χ0) is 23.9. The van der Waals surface area contributed by atoms with Crippen LogP contribution in [-0.4, -0.2) is 8.80 Å². The summed E-state index contributed by atoms with van der Waals surface area (Å²) in [7, 11) is -0.968. The lowest BCUT2D eigenvalue weighted by molar-refractivity contribution is 0.884. The zero-order valence-electron chi connectivity index (χ0n) is 21.6. The van der Waals surface area contributed by atoms with Crippen LogP contribution in [0.2, 0.25) is 6.04 Å². The summed E-state index contributed by atoms with van der Waals surface area (Å²) in [5.41, 5.74) is 14.3. The van der Waals surface area contributed by atoms with Crippen LogP contribution in [0.15, 0.2) is 77.4 Å². The van der Waals surface area contributed by atoms with E-state index in [9.17, 15) is 0 Å². The van der Waals surface area contributed by atoms with Gasteiger partial charge in [-0.25, -0.2) is 0 Å². The molecule has 1 aliphatic rings. The molecule has 0 fully saturated rings. The van der Waals surface area contributed by atoms with Crippen molar-refractivity contribution in [2.24, 2.45) is 5.92 Å². The number of allylic oxidation sites excluding steroid dienone is 4. The molecule has 0 saturated heterocycles. The summed E-state index contributed by atoms with van der Waals surface area (Å²) in [6.07, 6.45) is 0. The SMILES string of the molecule is CC1=C(C)C(C[Si](c2cc(C)cc(C)c2)c2cc(C)cc(C)c2)C(c2cccc(C)c2)=C1C. The van der Waals surface area contributed by atoms with Crippen LogP contribution in [0.25, 0.3) is 5.57 Å². The Kier molecular flexibility index (Phi) is 6.63. The van der Waals surface area contributed by atoms with Gasteiger partial charge in [-0.05, 0) is 83.7 Å². The second-order valence-corrected chi connectivity index (χ2v) is 12.7. The Balaban J connectivity index is 1.85. The first-order valence-corrected chi connectivity index (χ1v) is 13.8. The third-order valence-electron chi connectivity index (χ3n) is 7.31. The van der Waals surface area contributed by atoms with E-state index in [4.69, 9.17) is 0 Å². The molecule has 1 radical (unpaired) electrons. The summed E-state index contributed by atoms with van der Waals surface area (Å²) in [6.45, 7) is 18.2. The average molecular weight is 450 g/mol. The van der Waals surface area contributed by atoms with Crippen molar-refractivity contribution in [2.45, 2.75) is 61.4 Å². The molecule has 0 amide bonds. The smallest absolute Gasteiger partial charge is 0.0629 e. The van der Waals surface area contributed by atoms with E-state index in [2.05, 4.69) is 116 Å². The van der Waals surface area contributed by atoms with Crippen LogP contribution in [0.5, 0.6) is 0 Å². The Bertz CT molecular complexity index is 1180. The van der Waals surface area contributed by atoms with Gasteiger partial charge in [-0.3, -0.25) is 0 Å². The standard InChI is InChI=1S/C32H37Si/c1-20-10-9-11-28(14-20)32-27(8)25(6)26(7)31(32)19-33(29-15-21(2)12-22(3)16-29)30-17-23(4)13-24(5)18-30/h9-18,31H,19H2,1-8H3. The maximum Gasteiger partial charge on any atom is 0.122 e. The molecule has 0 N–H and O–H groups in total. The molecule has 1 atom stereocenters. The van der Waals surface area contributed by atoms with E-state index in [0.717, 1.165) is 0 Å². The minimum Gasteiger partial charge on any atom is -0.0629 e. The fourth-order valence-corrected chi connectivity index (χ4v) is 8.96. The van der Waals surface area contributed by atoms with Gasteiger partial charge in [0.15, 0.2) is 0 Å². The van der Waals surface area contributed by atoms with E-state index < -0.39 is 8.80 Å². The van der Waals surface area contributed by atoms with Crippen molar-refractivity contribution >= 4 is 24.7 Å². The van der Waals surface area contributed by atoms with Crippen molar-refractivity contribution in [3.63, 3.8) is 0 Å². The fourth-order valence-electron chi connectivity index (χ4n) is 5.63. The van der Waals surface area contributed by atoms with Gasteiger partial charge in [0.05, 0.1) is 0 Å². The number of hydrogen-bond acceptors (Lipinski definition) is 0. The molecule has 4 rings (SSSR count). The highest BCUT2D eigenvalue weighted by Gasteiger charge is 2.32. The topological polar surface area (TPSA) is 0 Å². The van der Waals surface area contributed by atoms with E-state index in [1.807, 2.05) is 0 Å². The largest absolute Gasteiger partial charge is 0.122 e. The van der Waals surface area contributed by atoms with E-state index in [0.29, 0.717) is 5.92 Å². The van der Waals surface area contributed by atoms with Crippen LogP contribution >= 0.6 is 0 Å². The molecule has 0 nitrogen and oxygen atoms in total. The van der Waals surface area contributed by atoms with Crippen molar-refractivity contribution in [1.29, 1.82) is 0 Å². The minimum atomic E-state index is -0.968. The van der Waals surface area contributed by atoms with E-state index >= 15 is 0 Å². The summed E-state index contributed by atoms with van der Waals surface area (Å²) in [4.78, 5) is 0. The second-order valence-electron chi connectivity index (χ2n) is 10.2. The molecule has 0 bridgehead atoms. The van der Waals surface area contributed by atoms with E-state index in [1.165, 1.54) is 50.6 Å². The van der Waals surface area contributed by atoms with Crippen molar-refractivity contribution < 1.29 is 0 Å². The Morgan fingerprint density at radius 1 is 0.576 bits per heavy atom. The van der Waals surface area contributed by atoms with Crippen LogP contribution in [0.4, 0.5) is 0 Å². The van der Waals surface area contributed by atoms with Crippen molar-refractivity contribution in [3.8, 4) is 0 Å². The maximum atomic E-state index is 2.45. The minimum absolute atomic E-state index is 0.474. The number of aryl methyl sites for hydroxylation is 5. The highest BCUT2D eigenvalue weighted by molar-refractivity contribution is 6.85. The van der Waals surface area contributed by atoms with Gasteiger partial charge in [-0.1, -0.05) is 104 Å². The maximum absolute atomic E-state index is 2.45. The quantitative estimate of drug-likeness (QED) is 0.359. The molecular formula is C32H37Si. The summed E-state index contributed by atoms with van der Waals surface area (Å²) in [5, 5.41) is 3.09. The molecule has 1 unspecified atom stereocenters. The Hall–Kier alpha value is -2.64. The predicted molar refractivity (Wildman–Crippen MR) is 147 cm³/mol. The fraction of sp³-hybridized carbons (Fsp3) is 0.312. The summed E-state index contributed by atoms with van der Waals surface area (Å²) in [6, 6.07) is 24.7. The monoisotopic (exact) mass is 449 g/mol. The predicted octanol–water partition coefficient (Wildman–Crippen LogP) is 7.28. The molecule has 1 aliphatic carbocycles. The lowest BCUT2D eigenvalue weighted by Gasteiger charge is -2.26. The molecule has 0 spiro atoms. The van der Waals surface area contributed by atoms with Crippen molar-refractivity contribution in [3.05, 3.63) is 111 Å². The molecule has 3 aromatic carbocycles. The molecule has 3 aromatic rings. The van der Waals surface area contributed by atoms with Gasteiger partial charge in [0.25, 0.3) is 0 Å². The lowest BCUT2D eigenvalue weighted by Crippen LogP contribution is -2.44. The Labute approximate surface area is 202 Å². The average Bonchev–Trinajstić information content (AvgIpc) is 2.94. The van der Waals surface area contributed by atoms with Crippen LogP contribution in [0.3, 0.4) is 0 Å².